The van der Waals surface area contributed by atoms with Crippen LogP contribution in [-0.4, -0.2) is 53.8 Å². The molecule has 12 nitrogen and oxygen atoms in total. The van der Waals surface area contributed by atoms with Gasteiger partial charge in [-0.15, -0.1) is 0 Å². The molecule has 0 aromatic heterocycles. The molecule has 0 saturated heterocycles. The molecule has 2 atom stereocenters. The SMILES string of the molecule is CCC(=O)Oc1c(O)cc([C@H]2Oc3cc(O)cc(O)c3CC2OC(=O)c2cc(O)c(O)c(O)c2)cc1O. The van der Waals surface area contributed by atoms with Crippen molar-refractivity contribution in [2.24, 2.45) is 0 Å². The van der Waals surface area contributed by atoms with E-state index in [2.05, 4.69) is 0 Å². The predicted molar refractivity (Wildman–Crippen MR) is 123 cm³/mol. The van der Waals surface area contributed by atoms with E-state index in [4.69, 9.17) is 14.2 Å². The van der Waals surface area contributed by atoms with Crippen molar-refractivity contribution in [1.82, 2.24) is 0 Å². The Morgan fingerprint density at radius 3 is 2.08 bits per heavy atom. The van der Waals surface area contributed by atoms with Crippen LogP contribution < -0.4 is 9.47 Å². The molecule has 0 radical (unpaired) electrons. The fourth-order valence-electron chi connectivity index (χ4n) is 3.84. The fraction of sp³-hybridized carbons (Fsp3) is 0.200. The third-order valence-electron chi connectivity index (χ3n) is 5.64. The van der Waals surface area contributed by atoms with Crippen LogP contribution in [0.15, 0.2) is 36.4 Å². The van der Waals surface area contributed by atoms with Crippen LogP contribution in [0.25, 0.3) is 0 Å². The lowest BCUT2D eigenvalue weighted by Gasteiger charge is -2.34. The summed E-state index contributed by atoms with van der Waals surface area (Å²) < 4.78 is 16.4. The Labute approximate surface area is 208 Å². The largest absolute Gasteiger partial charge is 0.508 e. The van der Waals surface area contributed by atoms with Gasteiger partial charge in [0.2, 0.25) is 5.75 Å². The van der Waals surface area contributed by atoms with E-state index < -0.39 is 58.6 Å². The van der Waals surface area contributed by atoms with Crippen LogP contribution in [0.1, 0.15) is 40.9 Å². The van der Waals surface area contributed by atoms with Gasteiger partial charge in [-0.3, -0.25) is 4.79 Å². The molecule has 12 heteroatoms. The molecular weight excluding hydrogens is 492 g/mol. The molecule has 7 N–H and O–H groups in total. The molecule has 0 saturated carbocycles. The maximum atomic E-state index is 12.9. The molecular formula is C25H22O12. The molecule has 0 bridgehead atoms. The number of carbonyl (C=O) groups is 2. The monoisotopic (exact) mass is 514 g/mol. The average Bonchev–Trinajstić information content (AvgIpc) is 2.84. The minimum Gasteiger partial charge on any atom is -0.508 e. The van der Waals surface area contributed by atoms with Crippen LogP contribution in [-0.2, 0) is 16.0 Å². The summed E-state index contributed by atoms with van der Waals surface area (Å²) in [4.78, 5) is 24.5. The predicted octanol–water partition coefficient (Wildman–Crippen LogP) is 2.84. The number of esters is 2. The van der Waals surface area contributed by atoms with Crippen molar-refractivity contribution in [1.29, 1.82) is 0 Å². The maximum absolute atomic E-state index is 12.9. The van der Waals surface area contributed by atoms with Crippen LogP contribution in [0.3, 0.4) is 0 Å². The van der Waals surface area contributed by atoms with E-state index in [0.29, 0.717) is 0 Å². The summed E-state index contributed by atoms with van der Waals surface area (Å²) in [6.07, 6.45) is -2.60. The minimum atomic E-state index is -1.22. The molecule has 3 aromatic carbocycles. The number of benzene rings is 3. The molecule has 1 unspecified atom stereocenters. The smallest absolute Gasteiger partial charge is 0.338 e. The number of rotatable bonds is 5. The Morgan fingerprint density at radius 1 is 0.865 bits per heavy atom. The van der Waals surface area contributed by atoms with Crippen LogP contribution in [0, 0.1) is 0 Å². The van der Waals surface area contributed by atoms with E-state index in [1.807, 2.05) is 0 Å². The summed E-state index contributed by atoms with van der Waals surface area (Å²) in [6, 6.07) is 6.26. The Bertz CT molecular complexity index is 1350. The van der Waals surface area contributed by atoms with E-state index in [1.165, 1.54) is 13.0 Å². The number of hydrogen-bond acceptors (Lipinski definition) is 12. The number of aromatic hydroxyl groups is 7. The zero-order valence-electron chi connectivity index (χ0n) is 19.2. The zero-order chi connectivity index (χ0) is 27.0. The lowest BCUT2D eigenvalue weighted by Crippen LogP contribution is -2.34. The van der Waals surface area contributed by atoms with Gasteiger partial charge in [0, 0.05) is 36.1 Å². The summed E-state index contributed by atoms with van der Waals surface area (Å²) in [5.74, 6) is -6.44. The molecule has 0 fully saturated rings. The first-order chi connectivity index (χ1) is 17.5. The minimum absolute atomic E-state index is 0.0173. The topological polar surface area (TPSA) is 203 Å². The van der Waals surface area contributed by atoms with Crippen molar-refractivity contribution in [2.45, 2.75) is 32.0 Å². The van der Waals surface area contributed by atoms with Crippen LogP contribution in [0.4, 0.5) is 0 Å². The second-order valence-corrected chi connectivity index (χ2v) is 8.21. The van der Waals surface area contributed by atoms with E-state index in [-0.39, 0.29) is 46.8 Å². The van der Waals surface area contributed by atoms with Crippen LogP contribution in [0.5, 0.6) is 51.7 Å². The van der Waals surface area contributed by atoms with E-state index >= 15 is 0 Å². The summed E-state index contributed by atoms with van der Waals surface area (Å²) in [5.41, 5.74) is -0.0565. The molecule has 0 amide bonds. The van der Waals surface area contributed by atoms with Gasteiger partial charge in [-0.05, 0) is 24.3 Å². The van der Waals surface area contributed by atoms with Crippen LogP contribution >= 0.6 is 0 Å². The third-order valence-corrected chi connectivity index (χ3v) is 5.64. The molecule has 1 aliphatic heterocycles. The van der Waals surface area contributed by atoms with Crippen molar-refractivity contribution < 1.29 is 59.5 Å². The zero-order valence-corrected chi connectivity index (χ0v) is 19.2. The number of phenolic OH excluding ortho intramolecular Hbond substituents is 7. The average molecular weight is 514 g/mol. The van der Waals surface area contributed by atoms with Crippen molar-refractivity contribution in [2.75, 3.05) is 0 Å². The van der Waals surface area contributed by atoms with E-state index in [0.717, 1.165) is 30.3 Å². The van der Waals surface area contributed by atoms with Crippen molar-refractivity contribution >= 4 is 11.9 Å². The van der Waals surface area contributed by atoms with E-state index in [1.54, 1.807) is 0 Å². The van der Waals surface area contributed by atoms with Gasteiger partial charge in [0.1, 0.15) is 23.4 Å². The van der Waals surface area contributed by atoms with E-state index in [9.17, 15) is 45.3 Å². The number of carbonyl (C=O) groups excluding carboxylic acids is 2. The number of phenols is 7. The third kappa shape index (κ3) is 4.89. The lowest BCUT2D eigenvalue weighted by molar-refractivity contribution is -0.134. The molecule has 3 aromatic rings. The fourth-order valence-corrected chi connectivity index (χ4v) is 3.84. The number of ether oxygens (including phenoxy) is 3. The second kappa shape index (κ2) is 9.57. The highest BCUT2D eigenvalue weighted by Gasteiger charge is 2.37. The lowest BCUT2D eigenvalue weighted by atomic mass is 9.93. The first-order valence-electron chi connectivity index (χ1n) is 10.9. The molecule has 1 heterocycles. The molecule has 37 heavy (non-hydrogen) atoms. The normalized spacial score (nSPS) is 16.4. The van der Waals surface area contributed by atoms with Crippen molar-refractivity contribution in [3.05, 3.63) is 53.1 Å². The van der Waals surface area contributed by atoms with Gasteiger partial charge in [-0.25, -0.2) is 4.79 Å². The number of hydrogen-bond donors (Lipinski definition) is 7. The van der Waals surface area contributed by atoms with Gasteiger partial charge >= 0.3 is 11.9 Å². The quantitative estimate of drug-likeness (QED) is 0.149. The first kappa shape index (κ1) is 25.1. The van der Waals surface area contributed by atoms with Gasteiger partial charge in [0.05, 0.1) is 5.56 Å². The van der Waals surface area contributed by atoms with Crippen molar-refractivity contribution in [3.8, 4) is 51.7 Å². The van der Waals surface area contributed by atoms with Gasteiger partial charge in [0.15, 0.2) is 34.9 Å². The standard InChI is InChI=1S/C25H22O12/c1-2-21(32)37-24-17(30)3-10(4-18(24)31)23-20(9-13-14(27)7-12(26)8-19(13)35-23)36-25(34)11-5-15(28)22(33)16(29)6-11/h3-8,20,23,26-31,33H,2,9H2,1H3/t20?,23-/m1/s1. The second-order valence-electron chi connectivity index (χ2n) is 8.21. The summed E-state index contributed by atoms with van der Waals surface area (Å²) in [6.45, 7) is 1.52. The van der Waals surface area contributed by atoms with Gasteiger partial charge in [-0.2, -0.15) is 0 Å². The maximum Gasteiger partial charge on any atom is 0.338 e. The molecule has 194 valence electrons. The molecule has 0 aliphatic carbocycles. The Balaban J connectivity index is 1.74. The van der Waals surface area contributed by atoms with Crippen molar-refractivity contribution in [3.63, 3.8) is 0 Å². The molecule has 1 aliphatic rings. The number of fused-ring (bicyclic) bond motifs is 1. The highest BCUT2D eigenvalue weighted by atomic mass is 16.6. The summed E-state index contributed by atoms with van der Waals surface area (Å²) >= 11 is 0. The Morgan fingerprint density at radius 2 is 1.49 bits per heavy atom. The van der Waals surface area contributed by atoms with Crippen LogP contribution in [0.2, 0.25) is 0 Å². The highest BCUT2D eigenvalue weighted by Crippen LogP contribution is 2.46. The Kier molecular flexibility index (Phi) is 6.49. The van der Waals surface area contributed by atoms with Gasteiger partial charge in [0.25, 0.3) is 0 Å². The molecule has 0 spiro atoms. The Hall–Kier alpha value is -5.00. The van der Waals surface area contributed by atoms with Gasteiger partial charge < -0.3 is 50.0 Å². The summed E-state index contributed by atoms with van der Waals surface area (Å²) in [5, 5.41) is 70.0. The highest BCUT2D eigenvalue weighted by molar-refractivity contribution is 5.91. The van der Waals surface area contributed by atoms with Gasteiger partial charge in [-0.1, -0.05) is 6.92 Å². The molecule has 4 rings (SSSR count). The first-order valence-corrected chi connectivity index (χ1v) is 10.9. The summed E-state index contributed by atoms with van der Waals surface area (Å²) in [7, 11) is 0.